The molecule has 1 aliphatic heterocycles. The van der Waals surface area contributed by atoms with Gasteiger partial charge in [0.15, 0.2) is 0 Å². The van der Waals surface area contributed by atoms with Crippen molar-refractivity contribution in [2.24, 2.45) is 0 Å². The Bertz CT molecular complexity index is 689. The monoisotopic (exact) mass is 314 g/mol. The smallest absolute Gasteiger partial charge is 0.225 e. The Morgan fingerprint density at radius 2 is 2.13 bits per heavy atom. The Labute approximate surface area is 136 Å². The highest BCUT2D eigenvalue weighted by atomic mass is 16.5. The summed E-state index contributed by atoms with van der Waals surface area (Å²) in [5.41, 5.74) is 4.23. The maximum absolute atomic E-state index is 12.6. The van der Waals surface area contributed by atoms with Crippen LogP contribution in [-0.4, -0.2) is 29.6 Å². The number of hydrogen-bond acceptors (Lipinski definition) is 4. The largest absolute Gasteiger partial charge is 0.373 e. The average molecular weight is 314 g/mol. The lowest BCUT2D eigenvalue weighted by Gasteiger charge is -2.27. The minimum atomic E-state index is -0.153. The number of aryl methyl sites for hydroxylation is 2. The van der Waals surface area contributed by atoms with Crippen LogP contribution in [0.15, 0.2) is 28.8 Å². The van der Waals surface area contributed by atoms with E-state index < -0.39 is 0 Å². The predicted molar refractivity (Wildman–Crippen MR) is 85.9 cm³/mol. The molecule has 1 unspecified atom stereocenters. The fourth-order valence-electron chi connectivity index (χ4n) is 3.01. The van der Waals surface area contributed by atoms with Crippen molar-refractivity contribution in [3.05, 3.63) is 52.4 Å². The van der Waals surface area contributed by atoms with Gasteiger partial charge in [0, 0.05) is 12.6 Å². The number of nitrogens with zero attached hydrogens (tertiary/aromatic N) is 2. The third-order valence-electron chi connectivity index (χ3n) is 4.45. The molecular formula is C18H22N2O3. The Balaban J connectivity index is 1.68. The van der Waals surface area contributed by atoms with Gasteiger partial charge < -0.3 is 14.2 Å². The molecule has 1 atom stereocenters. The molecule has 1 aliphatic rings. The van der Waals surface area contributed by atoms with Crippen molar-refractivity contribution < 1.29 is 14.1 Å². The van der Waals surface area contributed by atoms with Crippen LogP contribution in [0.3, 0.4) is 0 Å². The summed E-state index contributed by atoms with van der Waals surface area (Å²) in [6.45, 7) is 4.94. The topological polar surface area (TPSA) is 55.6 Å². The predicted octanol–water partition coefficient (Wildman–Crippen LogP) is 2.95. The molecule has 0 spiro atoms. The molecule has 0 aliphatic carbocycles. The highest BCUT2D eigenvalue weighted by Gasteiger charge is 2.25. The van der Waals surface area contributed by atoms with Crippen LogP contribution in [0.5, 0.6) is 0 Å². The number of amides is 1. The molecule has 1 aromatic heterocycles. The third kappa shape index (κ3) is 3.29. The van der Waals surface area contributed by atoms with Gasteiger partial charge >= 0.3 is 0 Å². The number of rotatable bonds is 4. The zero-order valence-electron chi connectivity index (χ0n) is 13.8. The highest BCUT2D eigenvalue weighted by Crippen LogP contribution is 2.30. The van der Waals surface area contributed by atoms with E-state index in [0.29, 0.717) is 19.6 Å². The second-order valence-corrected chi connectivity index (χ2v) is 6.06. The van der Waals surface area contributed by atoms with Crippen molar-refractivity contribution in [1.29, 1.82) is 0 Å². The van der Waals surface area contributed by atoms with E-state index >= 15 is 0 Å². The molecule has 5 nitrogen and oxygen atoms in total. The van der Waals surface area contributed by atoms with Crippen LogP contribution in [0.25, 0.3) is 0 Å². The molecule has 23 heavy (non-hydrogen) atoms. The first-order chi connectivity index (χ1) is 11.1. The van der Waals surface area contributed by atoms with Gasteiger partial charge in [0.2, 0.25) is 5.91 Å². The van der Waals surface area contributed by atoms with Crippen LogP contribution in [-0.2, 0) is 22.5 Å². The fraction of sp³-hybridized carbons (Fsp3) is 0.444. The molecular weight excluding hydrogens is 292 g/mol. The van der Waals surface area contributed by atoms with Crippen molar-refractivity contribution in [3.63, 3.8) is 0 Å². The number of carbonyl (C=O) groups is 1. The van der Waals surface area contributed by atoms with Crippen LogP contribution in [0.2, 0.25) is 0 Å². The summed E-state index contributed by atoms with van der Waals surface area (Å²) in [6.07, 6.45) is 1.12. The Kier molecular flexibility index (Phi) is 4.48. The third-order valence-corrected chi connectivity index (χ3v) is 4.45. The van der Waals surface area contributed by atoms with Gasteiger partial charge in [-0.3, -0.25) is 4.79 Å². The van der Waals surface area contributed by atoms with Gasteiger partial charge in [0.25, 0.3) is 0 Å². The van der Waals surface area contributed by atoms with E-state index in [0.717, 1.165) is 29.0 Å². The number of ether oxygens (including phenoxy) is 1. The molecule has 0 saturated carbocycles. The van der Waals surface area contributed by atoms with Gasteiger partial charge in [0.1, 0.15) is 5.76 Å². The van der Waals surface area contributed by atoms with Crippen molar-refractivity contribution in [2.45, 2.75) is 39.3 Å². The van der Waals surface area contributed by atoms with Gasteiger partial charge in [-0.1, -0.05) is 29.4 Å². The molecule has 1 aromatic carbocycles. The highest BCUT2D eigenvalue weighted by molar-refractivity contribution is 5.76. The molecule has 2 heterocycles. The number of hydrogen-bond donors (Lipinski definition) is 0. The number of aromatic nitrogens is 1. The van der Waals surface area contributed by atoms with E-state index in [1.807, 2.05) is 33.0 Å². The van der Waals surface area contributed by atoms with Crippen LogP contribution in [0, 0.1) is 13.8 Å². The molecule has 1 amide bonds. The first-order valence-corrected chi connectivity index (χ1v) is 7.91. The summed E-state index contributed by atoms with van der Waals surface area (Å²) in [6, 6.07) is 8.20. The summed E-state index contributed by atoms with van der Waals surface area (Å²) in [5, 5.41) is 3.94. The lowest BCUT2D eigenvalue weighted by Crippen LogP contribution is -2.30. The molecule has 3 rings (SSSR count). The van der Waals surface area contributed by atoms with Crippen LogP contribution >= 0.6 is 0 Å². The van der Waals surface area contributed by atoms with Gasteiger partial charge in [-0.25, -0.2) is 0 Å². The van der Waals surface area contributed by atoms with E-state index in [4.69, 9.17) is 9.26 Å². The van der Waals surface area contributed by atoms with Crippen molar-refractivity contribution in [3.8, 4) is 0 Å². The summed E-state index contributed by atoms with van der Waals surface area (Å²) < 4.78 is 11.0. The normalized spacial score (nSPS) is 16.9. The SMILES string of the molecule is Cc1noc(C)c1CN(C)C(=O)CC1OCCc2ccccc21. The molecule has 0 radical (unpaired) electrons. The van der Waals surface area contributed by atoms with Crippen LogP contribution < -0.4 is 0 Å². The van der Waals surface area contributed by atoms with E-state index in [2.05, 4.69) is 17.3 Å². The van der Waals surface area contributed by atoms with E-state index in [1.165, 1.54) is 5.56 Å². The summed E-state index contributed by atoms with van der Waals surface area (Å²) in [5.74, 6) is 0.827. The standard InChI is InChI=1S/C18H22N2O3/c1-12-16(13(2)23-19-12)11-20(3)18(21)10-17-15-7-5-4-6-14(15)8-9-22-17/h4-7,17H,8-11H2,1-3H3. The zero-order valence-corrected chi connectivity index (χ0v) is 13.8. The molecule has 2 aromatic rings. The van der Waals surface area contributed by atoms with Crippen molar-refractivity contribution in [2.75, 3.05) is 13.7 Å². The van der Waals surface area contributed by atoms with Crippen molar-refractivity contribution in [1.82, 2.24) is 10.1 Å². The van der Waals surface area contributed by atoms with Gasteiger partial charge in [-0.05, 0) is 31.4 Å². The van der Waals surface area contributed by atoms with E-state index in [-0.39, 0.29) is 12.0 Å². The summed E-state index contributed by atoms with van der Waals surface area (Å²) in [4.78, 5) is 14.3. The lowest BCUT2D eigenvalue weighted by molar-refractivity contribution is -0.133. The Hall–Kier alpha value is -2.14. The van der Waals surface area contributed by atoms with Crippen LogP contribution in [0.1, 0.15) is 40.7 Å². The molecule has 0 bridgehead atoms. The molecule has 0 fully saturated rings. The Morgan fingerprint density at radius 3 is 2.87 bits per heavy atom. The first-order valence-electron chi connectivity index (χ1n) is 7.91. The summed E-state index contributed by atoms with van der Waals surface area (Å²) in [7, 11) is 1.81. The fourth-order valence-corrected chi connectivity index (χ4v) is 3.01. The van der Waals surface area contributed by atoms with Gasteiger partial charge in [-0.2, -0.15) is 0 Å². The number of carbonyl (C=O) groups excluding carboxylic acids is 1. The number of fused-ring (bicyclic) bond motifs is 1. The second-order valence-electron chi connectivity index (χ2n) is 6.06. The van der Waals surface area contributed by atoms with E-state index in [1.54, 1.807) is 4.90 Å². The molecule has 0 saturated heterocycles. The lowest BCUT2D eigenvalue weighted by atomic mass is 9.95. The molecule has 5 heteroatoms. The quantitative estimate of drug-likeness (QED) is 0.870. The zero-order chi connectivity index (χ0) is 16.4. The van der Waals surface area contributed by atoms with Gasteiger partial charge in [-0.15, -0.1) is 0 Å². The molecule has 0 N–H and O–H groups in total. The van der Waals surface area contributed by atoms with Crippen molar-refractivity contribution >= 4 is 5.91 Å². The minimum Gasteiger partial charge on any atom is -0.373 e. The minimum absolute atomic E-state index is 0.0618. The second kappa shape index (κ2) is 6.54. The van der Waals surface area contributed by atoms with Gasteiger partial charge in [0.05, 0.1) is 31.4 Å². The maximum Gasteiger partial charge on any atom is 0.225 e. The first kappa shape index (κ1) is 15.7. The van der Waals surface area contributed by atoms with E-state index in [9.17, 15) is 4.79 Å². The Morgan fingerprint density at radius 1 is 1.35 bits per heavy atom. The number of benzene rings is 1. The summed E-state index contributed by atoms with van der Waals surface area (Å²) >= 11 is 0. The van der Waals surface area contributed by atoms with Crippen LogP contribution in [0.4, 0.5) is 0 Å². The maximum atomic E-state index is 12.6. The average Bonchev–Trinajstić information content (AvgIpc) is 2.87. The molecule has 122 valence electrons.